The van der Waals surface area contributed by atoms with Crippen molar-refractivity contribution in [3.05, 3.63) is 56.7 Å². The molecule has 0 aliphatic heterocycles. The highest BCUT2D eigenvalue weighted by atomic mass is 79.9. The molecule has 0 amide bonds. The Morgan fingerprint density at radius 3 is 2.50 bits per heavy atom. The molecule has 4 heteroatoms. The van der Waals surface area contributed by atoms with Crippen LogP contribution in [-0.4, -0.2) is 0 Å². The van der Waals surface area contributed by atoms with Crippen LogP contribution in [0.2, 0.25) is 0 Å². The Labute approximate surface area is 120 Å². The summed E-state index contributed by atoms with van der Waals surface area (Å²) >= 11 is 5.28. The van der Waals surface area contributed by atoms with Gasteiger partial charge in [-0.2, -0.15) is 11.3 Å². The van der Waals surface area contributed by atoms with Crippen LogP contribution in [0.25, 0.3) is 0 Å². The van der Waals surface area contributed by atoms with Crippen molar-refractivity contribution in [1.82, 2.24) is 5.43 Å². The summed E-state index contributed by atoms with van der Waals surface area (Å²) in [6, 6.07) is 10.7. The molecule has 2 aromatic rings. The molecule has 0 fully saturated rings. The van der Waals surface area contributed by atoms with Crippen LogP contribution in [0.15, 0.2) is 45.6 Å². The number of halogens is 1. The smallest absolute Gasteiger partial charge is 0.0547 e. The lowest BCUT2D eigenvalue weighted by atomic mass is 9.86. The normalized spacial score (nSPS) is 14.4. The van der Waals surface area contributed by atoms with E-state index >= 15 is 0 Å². The zero-order valence-corrected chi connectivity index (χ0v) is 12.7. The summed E-state index contributed by atoms with van der Waals surface area (Å²) in [6.07, 6.45) is 1.04. The third-order valence-corrected chi connectivity index (χ3v) is 4.98. The highest BCUT2D eigenvalue weighted by Crippen LogP contribution is 2.37. The molecular formula is C14H17BrN2S. The van der Waals surface area contributed by atoms with Crippen molar-refractivity contribution < 1.29 is 0 Å². The summed E-state index contributed by atoms with van der Waals surface area (Å²) in [5.74, 6) is 6.16. The van der Waals surface area contributed by atoms with Gasteiger partial charge in [0.1, 0.15) is 0 Å². The van der Waals surface area contributed by atoms with Gasteiger partial charge in [-0.05, 0) is 38.9 Å². The molecule has 1 aromatic carbocycles. The largest absolute Gasteiger partial charge is 0.271 e. The van der Waals surface area contributed by atoms with Crippen LogP contribution >= 0.6 is 27.3 Å². The molecule has 1 heterocycles. The van der Waals surface area contributed by atoms with Gasteiger partial charge in [-0.1, -0.05) is 37.3 Å². The standard InChI is InChI=1S/C14H17BrN2S/c1-2-11(10-6-4-3-5-7-10)14(17-16)12-8-18-9-13(12)15/h3-9,11,14,17H,2,16H2,1H3. The summed E-state index contributed by atoms with van der Waals surface area (Å²) in [5, 5.41) is 4.25. The van der Waals surface area contributed by atoms with Crippen LogP contribution in [0.3, 0.4) is 0 Å². The molecule has 0 bridgehead atoms. The maximum atomic E-state index is 5.78. The lowest BCUT2D eigenvalue weighted by Gasteiger charge is -2.26. The minimum absolute atomic E-state index is 0.137. The minimum Gasteiger partial charge on any atom is -0.271 e. The molecule has 0 spiro atoms. The van der Waals surface area contributed by atoms with E-state index in [4.69, 9.17) is 5.84 Å². The fourth-order valence-electron chi connectivity index (χ4n) is 2.30. The van der Waals surface area contributed by atoms with Gasteiger partial charge in [0.2, 0.25) is 0 Å². The van der Waals surface area contributed by atoms with E-state index in [0.29, 0.717) is 5.92 Å². The van der Waals surface area contributed by atoms with Crippen molar-refractivity contribution in [2.75, 3.05) is 0 Å². The molecule has 0 radical (unpaired) electrons. The zero-order chi connectivity index (χ0) is 13.0. The number of rotatable bonds is 5. The number of nitrogens with two attached hydrogens (primary N) is 1. The molecule has 2 nitrogen and oxygen atoms in total. The van der Waals surface area contributed by atoms with Crippen molar-refractivity contribution in [2.45, 2.75) is 25.3 Å². The molecule has 1 aromatic heterocycles. The van der Waals surface area contributed by atoms with E-state index in [-0.39, 0.29) is 6.04 Å². The molecule has 3 N–H and O–H groups in total. The van der Waals surface area contributed by atoms with Gasteiger partial charge < -0.3 is 0 Å². The van der Waals surface area contributed by atoms with E-state index in [9.17, 15) is 0 Å². The van der Waals surface area contributed by atoms with Gasteiger partial charge >= 0.3 is 0 Å². The molecule has 2 rings (SSSR count). The first kappa shape index (κ1) is 13.7. The first-order valence-corrected chi connectivity index (χ1v) is 7.74. The number of hydrogen-bond donors (Lipinski definition) is 2. The minimum atomic E-state index is 0.137. The quantitative estimate of drug-likeness (QED) is 0.638. The molecule has 0 saturated carbocycles. The second-order valence-electron chi connectivity index (χ2n) is 4.24. The number of hydrogen-bond acceptors (Lipinski definition) is 3. The van der Waals surface area contributed by atoms with E-state index in [1.165, 1.54) is 11.1 Å². The fourth-order valence-corrected chi connectivity index (χ4v) is 3.88. The molecule has 0 aliphatic rings. The third kappa shape index (κ3) is 2.83. The Morgan fingerprint density at radius 2 is 2.00 bits per heavy atom. The SMILES string of the molecule is CCC(c1ccccc1)C(NN)c1cscc1Br. The molecule has 2 unspecified atom stereocenters. The monoisotopic (exact) mass is 324 g/mol. The van der Waals surface area contributed by atoms with E-state index in [1.54, 1.807) is 11.3 Å². The van der Waals surface area contributed by atoms with E-state index in [2.05, 4.69) is 63.3 Å². The fraction of sp³-hybridized carbons (Fsp3) is 0.286. The van der Waals surface area contributed by atoms with E-state index in [1.807, 2.05) is 6.07 Å². The van der Waals surface area contributed by atoms with E-state index in [0.717, 1.165) is 10.9 Å². The van der Waals surface area contributed by atoms with Crippen molar-refractivity contribution in [1.29, 1.82) is 0 Å². The second-order valence-corrected chi connectivity index (χ2v) is 5.84. The van der Waals surface area contributed by atoms with Gasteiger partial charge in [-0.25, -0.2) is 0 Å². The van der Waals surface area contributed by atoms with Gasteiger partial charge in [-0.3, -0.25) is 11.3 Å². The van der Waals surface area contributed by atoms with E-state index < -0.39 is 0 Å². The average Bonchev–Trinajstić information content (AvgIpc) is 2.83. The molecule has 18 heavy (non-hydrogen) atoms. The van der Waals surface area contributed by atoms with Crippen molar-refractivity contribution in [3.8, 4) is 0 Å². The number of hydrazine groups is 1. The first-order valence-electron chi connectivity index (χ1n) is 6.00. The van der Waals surface area contributed by atoms with Gasteiger partial charge in [0.05, 0.1) is 6.04 Å². The van der Waals surface area contributed by atoms with Gasteiger partial charge in [0, 0.05) is 15.8 Å². The zero-order valence-electron chi connectivity index (χ0n) is 10.3. The summed E-state index contributed by atoms with van der Waals surface area (Å²) < 4.78 is 1.13. The Balaban J connectivity index is 2.34. The predicted octanol–water partition coefficient (Wildman–Crippen LogP) is 4.21. The van der Waals surface area contributed by atoms with Gasteiger partial charge in [0.15, 0.2) is 0 Å². The maximum Gasteiger partial charge on any atom is 0.0547 e. The van der Waals surface area contributed by atoms with Crippen LogP contribution in [0, 0.1) is 0 Å². The number of thiophene rings is 1. The third-order valence-electron chi connectivity index (χ3n) is 3.23. The van der Waals surface area contributed by atoms with Crippen LogP contribution < -0.4 is 11.3 Å². The lowest BCUT2D eigenvalue weighted by Crippen LogP contribution is -2.32. The molecule has 96 valence electrons. The van der Waals surface area contributed by atoms with Gasteiger partial charge in [0.25, 0.3) is 0 Å². The molecule has 0 aliphatic carbocycles. The first-order chi connectivity index (χ1) is 8.77. The lowest BCUT2D eigenvalue weighted by molar-refractivity contribution is 0.445. The van der Waals surface area contributed by atoms with Crippen LogP contribution in [0.1, 0.15) is 36.4 Å². The molecular weight excluding hydrogens is 308 g/mol. The Bertz CT molecular complexity index is 484. The van der Waals surface area contributed by atoms with Crippen LogP contribution in [0.4, 0.5) is 0 Å². The Kier molecular flexibility index (Phi) is 4.95. The maximum absolute atomic E-state index is 5.78. The Morgan fingerprint density at radius 1 is 1.28 bits per heavy atom. The summed E-state index contributed by atoms with van der Waals surface area (Å²) in [7, 11) is 0. The van der Waals surface area contributed by atoms with Gasteiger partial charge in [-0.15, -0.1) is 0 Å². The average molecular weight is 325 g/mol. The second kappa shape index (κ2) is 6.48. The van der Waals surface area contributed by atoms with Crippen LogP contribution in [-0.2, 0) is 0 Å². The highest BCUT2D eigenvalue weighted by Gasteiger charge is 2.24. The number of benzene rings is 1. The summed E-state index contributed by atoms with van der Waals surface area (Å²) in [5.41, 5.74) is 5.53. The highest BCUT2D eigenvalue weighted by molar-refractivity contribution is 9.10. The van der Waals surface area contributed by atoms with Crippen molar-refractivity contribution >= 4 is 27.3 Å². The number of nitrogens with one attached hydrogen (secondary N) is 1. The summed E-state index contributed by atoms with van der Waals surface area (Å²) in [6.45, 7) is 2.20. The predicted molar refractivity (Wildman–Crippen MR) is 81.6 cm³/mol. The molecule has 2 atom stereocenters. The molecule has 0 saturated heterocycles. The van der Waals surface area contributed by atoms with Crippen LogP contribution in [0.5, 0.6) is 0 Å². The Hall–Kier alpha value is -0.680. The van der Waals surface area contributed by atoms with Crippen molar-refractivity contribution in [3.63, 3.8) is 0 Å². The topological polar surface area (TPSA) is 38.0 Å². The van der Waals surface area contributed by atoms with Crippen molar-refractivity contribution in [2.24, 2.45) is 5.84 Å². The summed E-state index contributed by atoms with van der Waals surface area (Å²) in [4.78, 5) is 0.